The first-order chi connectivity index (χ1) is 51.5. The molecule has 5 aliphatic heterocycles. The molecule has 21 heteroatoms. The van der Waals surface area contributed by atoms with Gasteiger partial charge in [0.25, 0.3) is 0 Å². The highest BCUT2D eigenvalue weighted by Crippen LogP contribution is 2.42. The van der Waals surface area contributed by atoms with Crippen molar-refractivity contribution in [1.29, 1.82) is 0 Å². The quantitative estimate of drug-likeness (QED) is 0.0327. The monoisotopic (exact) mass is 1440 g/mol. The minimum absolute atomic E-state index is 0.0455. The predicted molar refractivity (Wildman–Crippen MR) is 383 cm³/mol. The molecule has 20 atom stereocenters. The van der Waals surface area contributed by atoms with E-state index in [4.69, 9.17) is 85.3 Å². The average Bonchev–Trinajstić information content (AvgIpc) is 1.60. The lowest BCUT2D eigenvalue weighted by atomic mass is 10.0. The second-order valence-electron chi connectivity index (χ2n) is 27.2. The molecule has 0 aromatic heterocycles. The Balaban J connectivity index is 0.876. The van der Waals surface area contributed by atoms with Crippen molar-refractivity contribution in [2.45, 2.75) is 195 Å². The van der Waals surface area contributed by atoms with E-state index in [9.17, 15) is 15.3 Å². The highest BCUT2D eigenvalue weighted by atomic mass is 16.8. The molecular weight excluding hydrogens is 1340 g/mol. The molecule has 0 spiro atoms. The van der Waals surface area contributed by atoms with Crippen molar-refractivity contribution in [1.82, 2.24) is 0 Å². The normalized spacial score (nSPS) is 28.8. The van der Waals surface area contributed by atoms with E-state index in [1.807, 2.05) is 257 Å². The molecule has 0 aliphatic carbocycles. The second kappa shape index (κ2) is 38.1. The van der Waals surface area contributed by atoms with E-state index in [1.54, 1.807) is 7.11 Å². The number of rotatable bonds is 38. The van der Waals surface area contributed by atoms with Crippen molar-refractivity contribution in [3.05, 3.63) is 287 Å². The summed E-state index contributed by atoms with van der Waals surface area (Å²) in [4.78, 5) is 0. The first kappa shape index (κ1) is 76.1. The van der Waals surface area contributed by atoms with E-state index >= 15 is 0 Å². The zero-order valence-corrected chi connectivity index (χ0v) is 59.3. The maximum Gasteiger partial charge on any atom is 0.187 e. The van der Waals surface area contributed by atoms with E-state index in [0.717, 1.165) is 44.5 Å². The summed E-state index contributed by atoms with van der Waals surface area (Å²) in [6, 6.07) is 78.1. The number of hydrogen-bond donors (Lipinski definition) is 3. The molecule has 3 N–H and O–H groups in total. The summed E-state index contributed by atoms with van der Waals surface area (Å²) in [5.41, 5.74) is 7.08. The smallest absolute Gasteiger partial charge is 0.187 e. The Hall–Kier alpha value is -7.08. The molecule has 13 rings (SSSR count). The fourth-order valence-electron chi connectivity index (χ4n) is 13.8. The summed E-state index contributed by atoms with van der Waals surface area (Å²) in [5.74, 6) is -1.03. The fourth-order valence-corrected chi connectivity index (χ4v) is 13.8. The van der Waals surface area contributed by atoms with Gasteiger partial charge in [-0.3, -0.25) is 0 Å². The van der Waals surface area contributed by atoms with E-state index < -0.39 is 135 Å². The van der Waals surface area contributed by atoms with Crippen LogP contribution in [0, 0.1) is 0 Å². The minimum Gasteiger partial charge on any atom is -0.394 e. The summed E-state index contributed by atoms with van der Waals surface area (Å²) in [6.45, 7) is 3.88. The molecule has 5 fully saturated rings. The van der Waals surface area contributed by atoms with Gasteiger partial charge in [-0.15, -0.1) is 0 Å². The van der Waals surface area contributed by atoms with Crippen LogP contribution in [0.15, 0.2) is 243 Å². The standard InChI is InChI=1S/C84H96O21/c1-84(2)98-55-67(105-84)72-76(94-50-61-38-22-9-23-39-61)79(104-80-68(87)73(69(100-80)64(86)44-85)91-47-58-32-16-6-17-33-58)83(103-72)99-66(53-89-45-56-28-12-4-13-29-56)71-75(93-49-60-36-20-8-21-37-60)78(96-52-63-42-26-11-27-43-63)82(102-71)97-54-65(90-46-57-30-14-5-15-31-57)70-74(92-48-59-34-18-7-19-35-59)77(81(88-3)101-70)95-51-62-40-24-10-25-41-62/h4-43,64-83,85-87H,44-55H2,1-3H3/t64-,65-,66-,67-,68-,69+,70+,71+,72+,73-,74+,75+,76+,77-,78-,79-,80-,81-,82-,83-/m1/s1. The van der Waals surface area contributed by atoms with Gasteiger partial charge < -0.3 is 101 Å². The van der Waals surface area contributed by atoms with Crippen LogP contribution >= 0.6 is 0 Å². The maximum absolute atomic E-state index is 12.5. The second-order valence-corrected chi connectivity index (χ2v) is 27.2. The van der Waals surface area contributed by atoms with Crippen LogP contribution in [0.5, 0.6) is 0 Å². The van der Waals surface area contributed by atoms with Crippen molar-refractivity contribution in [3.63, 3.8) is 0 Å². The van der Waals surface area contributed by atoms with Crippen molar-refractivity contribution >= 4 is 0 Å². The molecule has 21 nitrogen and oxygen atoms in total. The lowest BCUT2D eigenvalue weighted by molar-refractivity contribution is -0.280. The number of aliphatic hydroxyl groups is 3. The molecule has 558 valence electrons. The highest BCUT2D eigenvalue weighted by Gasteiger charge is 2.60. The van der Waals surface area contributed by atoms with Gasteiger partial charge in [-0.2, -0.15) is 0 Å². The lowest BCUT2D eigenvalue weighted by Gasteiger charge is -2.33. The van der Waals surface area contributed by atoms with Crippen molar-refractivity contribution in [2.24, 2.45) is 0 Å². The van der Waals surface area contributed by atoms with Crippen LogP contribution < -0.4 is 0 Å². The molecule has 0 bridgehead atoms. The van der Waals surface area contributed by atoms with Gasteiger partial charge in [0.05, 0.1) is 79.3 Å². The van der Waals surface area contributed by atoms with Crippen LogP contribution in [0.1, 0.15) is 58.4 Å². The first-order valence-corrected chi connectivity index (χ1v) is 36.1. The number of hydrogen-bond acceptors (Lipinski definition) is 21. The summed E-state index contributed by atoms with van der Waals surface area (Å²) < 4.78 is 124. The summed E-state index contributed by atoms with van der Waals surface area (Å²) >= 11 is 0. The maximum atomic E-state index is 12.5. The molecule has 5 heterocycles. The summed E-state index contributed by atoms with van der Waals surface area (Å²) in [7, 11) is 1.58. The third kappa shape index (κ3) is 20.6. The van der Waals surface area contributed by atoms with Gasteiger partial charge in [0.2, 0.25) is 0 Å². The van der Waals surface area contributed by atoms with Crippen LogP contribution in [-0.2, 0) is 138 Å². The van der Waals surface area contributed by atoms with Gasteiger partial charge >= 0.3 is 0 Å². The molecule has 0 saturated carbocycles. The molecule has 0 unspecified atom stereocenters. The Morgan fingerprint density at radius 2 is 0.771 bits per heavy atom. The van der Waals surface area contributed by atoms with E-state index in [0.29, 0.717) is 0 Å². The van der Waals surface area contributed by atoms with Gasteiger partial charge in [-0.1, -0.05) is 243 Å². The van der Waals surface area contributed by atoms with Gasteiger partial charge in [0, 0.05) is 7.11 Å². The third-order valence-electron chi connectivity index (χ3n) is 19.2. The third-order valence-corrected chi connectivity index (χ3v) is 19.2. The van der Waals surface area contributed by atoms with E-state index in [-0.39, 0.29) is 72.7 Å². The molecule has 8 aromatic carbocycles. The molecule has 0 radical (unpaired) electrons. The van der Waals surface area contributed by atoms with Crippen molar-refractivity contribution in [3.8, 4) is 0 Å². The van der Waals surface area contributed by atoms with Gasteiger partial charge in [-0.05, 0) is 58.4 Å². The first-order valence-electron chi connectivity index (χ1n) is 36.1. The molecule has 0 amide bonds. The van der Waals surface area contributed by atoms with Gasteiger partial charge in [-0.25, -0.2) is 0 Å². The SMILES string of the molecule is CO[C@@H]1O[C@@H]([C@@H](CO[C@@H]2O[C@@H]([C@@H](COCc3ccccc3)O[C@@H]3O[C@@H]([C@H]4COC(C)(C)O4)[C@H](OCc4ccccc4)[C@H]3O[C@H]3O[C@@H]([C@H](O)CO)[C@H](OCc4ccccc4)[C@H]3O)[C@H](OCc3ccccc3)[C@H]2OCc2ccccc2)OCc2ccccc2)[C@H](OCc2ccccc2)[C@H]1OCc1ccccc1. The highest BCUT2D eigenvalue weighted by molar-refractivity contribution is 5.20. The lowest BCUT2D eigenvalue weighted by Crippen LogP contribution is -2.50. The zero-order chi connectivity index (χ0) is 72.2. The van der Waals surface area contributed by atoms with Gasteiger partial charge in [0.1, 0.15) is 97.7 Å². The molecular formula is C84H96O21. The van der Waals surface area contributed by atoms with Crippen molar-refractivity contribution in [2.75, 3.05) is 33.5 Å². The molecule has 8 aromatic rings. The zero-order valence-electron chi connectivity index (χ0n) is 59.3. The Morgan fingerprint density at radius 3 is 1.20 bits per heavy atom. The summed E-state index contributed by atoms with van der Waals surface area (Å²) in [5, 5.41) is 34.3. The fraction of sp³-hybridized carbons (Fsp3) is 0.429. The number of methoxy groups -OCH3 is 1. The predicted octanol–water partition coefficient (Wildman–Crippen LogP) is 10.5. The van der Waals surface area contributed by atoms with Crippen LogP contribution in [0.25, 0.3) is 0 Å². The van der Waals surface area contributed by atoms with E-state index in [2.05, 4.69) is 0 Å². The van der Waals surface area contributed by atoms with Crippen molar-refractivity contribution < 1.29 is 101 Å². The Morgan fingerprint density at radius 1 is 0.390 bits per heavy atom. The van der Waals surface area contributed by atoms with Crippen LogP contribution in [0.2, 0.25) is 0 Å². The molecule has 5 saturated heterocycles. The Bertz CT molecular complexity index is 3750. The van der Waals surface area contributed by atoms with Crippen LogP contribution in [-0.4, -0.2) is 177 Å². The Kier molecular flexibility index (Phi) is 27.6. The average molecular weight is 1440 g/mol. The van der Waals surface area contributed by atoms with Crippen LogP contribution in [0.3, 0.4) is 0 Å². The molecule has 5 aliphatic rings. The van der Waals surface area contributed by atoms with Gasteiger partial charge in [0.15, 0.2) is 30.9 Å². The van der Waals surface area contributed by atoms with Crippen LogP contribution in [0.4, 0.5) is 0 Å². The number of ether oxygens (including phenoxy) is 18. The van der Waals surface area contributed by atoms with E-state index in [1.165, 1.54) is 0 Å². The number of benzene rings is 8. The Labute approximate surface area is 613 Å². The minimum atomic E-state index is -1.53. The summed E-state index contributed by atoms with van der Waals surface area (Å²) in [6.07, 6.45) is -22.0. The largest absolute Gasteiger partial charge is 0.394 e. The molecule has 105 heavy (non-hydrogen) atoms. The topological polar surface area (TPSA) is 227 Å². The number of aliphatic hydroxyl groups excluding tert-OH is 3.